The van der Waals surface area contributed by atoms with Gasteiger partial charge in [-0.2, -0.15) is 10.2 Å². The number of aryl methyl sites for hydroxylation is 2. The van der Waals surface area contributed by atoms with Crippen LogP contribution in [0, 0.1) is 6.92 Å². The normalized spacial score (nSPS) is 22.3. The molecule has 2 aliphatic heterocycles. The number of amides is 1. The third-order valence-electron chi connectivity index (χ3n) is 8.11. The number of pyridine rings is 1. The molecule has 2 saturated heterocycles. The molecule has 4 aromatic heterocycles. The Morgan fingerprint density at radius 1 is 1.08 bits per heavy atom. The summed E-state index contributed by atoms with van der Waals surface area (Å²) in [6.45, 7) is 2.00. The van der Waals surface area contributed by atoms with Crippen molar-refractivity contribution in [1.82, 2.24) is 34.8 Å². The predicted octanol–water partition coefficient (Wildman–Crippen LogP) is 4.72. The summed E-state index contributed by atoms with van der Waals surface area (Å²) >= 11 is 1.62. The summed E-state index contributed by atoms with van der Waals surface area (Å²) in [4.78, 5) is 25.0. The van der Waals surface area contributed by atoms with Crippen LogP contribution in [0.5, 0.6) is 5.88 Å². The maximum Gasteiger partial charge on any atom is 0.255 e. The van der Waals surface area contributed by atoms with E-state index >= 15 is 0 Å². The van der Waals surface area contributed by atoms with Crippen molar-refractivity contribution in [2.24, 2.45) is 7.05 Å². The van der Waals surface area contributed by atoms with E-state index in [1.54, 1.807) is 17.5 Å². The summed E-state index contributed by atoms with van der Waals surface area (Å²) in [6, 6.07) is 8.21. The molecule has 2 bridgehead atoms. The molecule has 1 aliphatic carbocycles. The average molecular weight is 542 g/mol. The van der Waals surface area contributed by atoms with Gasteiger partial charge in [0.15, 0.2) is 0 Å². The SMILES string of the molecule is Cc1nn(C)cc1-c1csc(Cc2ccc(C(=O)N3[C@@H]4CC[C@H]3CC(Oc3ccc(C5CC5)nn3)C4)cn2)n1. The fourth-order valence-electron chi connectivity index (χ4n) is 6.04. The second-order valence-corrected chi connectivity index (χ2v) is 12.0. The van der Waals surface area contributed by atoms with E-state index in [0.717, 1.165) is 59.0 Å². The Morgan fingerprint density at radius 2 is 1.90 bits per heavy atom. The van der Waals surface area contributed by atoms with Crippen LogP contribution in [-0.2, 0) is 13.5 Å². The summed E-state index contributed by atoms with van der Waals surface area (Å²) in [6.07, 6.45) is 10.5. The van der Waals surface area contributed by atoms with Crippen molar-refractivity contribution in [2.75, 3.05) is 0 Å². The second-order valence-electron chi connectivity index (χ2n) is 11.0. The Bertz CT molecular complexity index is 1480. The first kappa shape index (κ1) is 24.4. The quantitative estimate of drug-likeness (QED) is 0.334. The van der Waals surface area contributed by atoms with Crippen LogP contribution >= 0.6 is 11.3 Å². The molecule has 6 heterocycles. The summed E-state index contributed by atoms with van der Waals surface area (Å²) < 4.78 is 8.01. The fraction of sp³-hybridized carbons (Fsp3) is 0.448. The Kier molecular flexibility index (Phi) is 6.14. The molecule has 1 saturated carbocycles. The van der Waals surface area contributed by atoms with Gasteiger partial charge in [0.05, 0.1) is 27.7 Å². The van der Waals surface area contributed by atoms with Gasteiger partial charge in [-0.1, -0.05) is 0 Å². The molecule has 3 fully saturated rings. The Morgan fingerprint density at radius 3 is 2.54 bits per heavy atom. The highest BCUT2D eigenvalue weighted by Gasteiger charge is 2.44. The van der Waals surface area contributed by atoms with E-state index in [-0.39, 0.29) is 24.1 Å². The van der Waals surface area contributed by atoms with Crippen LogP contribution in [-0.4, -0.2) is 58.9 Å². The number of aromatic nitrogens is 6. The predicted molar refractivity (Wildman–Crippen MR) is 147 cm³/mol. The van der Waals surface area contributed by atoms with Gasteiger partial charge in [0.2, 0.25) is 5.88 Å². The number of rotatable bonds is 7. The van der Waals surface area contributed by atoms with E-state index in [2.05, 4.69) is 30.6 Å². The number of ether oxygens (including phenoxy) is 1. The molecule has 39 heavy (non-hydrogen) atoms. The third-order valence-corrected chi connectivity index (χ3v) is 8.96. The van der Waals surface area contributed by atoms with Crippen molar-refractivity contribution < 1.29 is 9.53 Å². The molecule has 0 radical (unpaired) electrons. The molecule has 10 heteroatoms. The van der Waals surface area contributed by atoms with Gasteiger partial charge in [0.25, 0.3) is 5.91 Å². The Balaban J connectivity index is 0.976. The number of hydrogen-bond donors (Lipinski definition) is 0. The zero-order valence-electron chi connectivity index (χ0n) is 22.2. The van der Waals surface area contributed by atoms with E-state index in [0.29, 0.717) is 23.8 Å². The lowest BCUT2D eigenvalue weighted by atomic mass is 9.98. The zero-order chi connectivity index (χ0) is 26.5. The summed E-state index contributed by atoms with van der Waals surface area (Å²) in [5, 5.41) is 16.1. The van der Waals surface area contributed by atoms with Crippen LogP contribution in [0.2, 0.25) is 0 Å². The van der Waals surface area contributed by atoms with E-state index < -0.39 is 0 Å². The van der Waals surface area contributed by atoms with Gasteiger partial charge < -0.3 is 9.64 Å². The number of piperidine rings is 1. The maximum absolute atomic E-state index is 13.5. The zero-order valence-corrected chi connectivity index (χ0v) is 23.0. The highest BCUT2D eigenvalue weighted by molar-refractivity contribution is 7.10. The van der Waals surface area contributed by atoms with Crippen LogP contribution in [0.4, 0.5) is 0 Å². The summed E-state index contributed by atoms with van der Waals surface area (Å²) in [5.41, 5.74) is 5.58. The van der Waals surface area contributed by atoms with Crippen molar-refractivity contribution in [1.29, 1.82) is 0 Å². The molecule has 9 nitrogen and oxygen atoms in total. The molecule has 0 spiro atoms. The number of hydrogen-bond acceptors (Lipinski definition) is 8. The molecule has 0 N–H and O–H groups in total. The fourth-order valence-corrected chi connectivity index (χ4v) is 6.85. The van der Waals surface area contributed by atoms with Crippen LogP contribution < -0.4 is 4.74 Å². The van der Waals surface area contributed by atoms with Crippen molar-refractivity contribution in [3.05, 3.63) is 69.7 Å². The largest absolute Gasteiger partial charge is 0.473 e. The molecule has 0 aromatic carbocycles. The highest BCUT2D eigenvalue weighted by Crippen LogP contribution is 2.40. The lowest BCUT2D eigenvalue weighted by Crippen LogP contribution is -2.49. The lowest BCUT2D eigenvalue weighted by molar-refractivity contribution is 0.0345. The average Bonchev–Trinajstić information content (AvgIpc) is 3.51. The van der Waals surface area contributed by atoms with E-state index in [9.17, 15) is 4.79 Å². The van der Waals surface area contributed by atoms with Gasteiger partial charge in [0.1, 0.15) is 6.10 Å². The van der Waals surface area contributed by atoms with Crippen LogP contribution in [0.3, 0.4) is 0 Å². The van der Waals surface area contributed by atoms with Gasteiger partial charge in [-0.3, -0.25) is 14.5 Å². The van der Waals surface area contributed by atoms with Crippen molar-refractivity contribution in [3.63, 3.8) is 0 Å². The van der Waals surface area contributed by atoms with Crippen LogP contribution in [0.1, 0.15) is 76.9 Å². The monoisotopic (exact) mass is 541 g/mol. The highest BCUT2D eigenvalue weighted by atomic mass is 32.1. The molecule has 4 aromatic rings. The number of thiazole rings is 1. The topological polar surface area (TPSA) is 98.9 Å². The van der Waals surface area contributed by atoms with Gasteiger partial charge in [-0.05, 0) is 50.8 Å². The summed E-state index contributed by atoms with van der Waals surface area (Å²) in [5.74, 6) is 1.24. The minimum absolute atomic E-state index is 0.0618. The first-order valence-electron chi connectivity index (χ1n) is 13.7. The van der Waals surface area contributed by atoms with E-state index in [1.807, 2.05) is 49.1 Å². The number of nitrogens with zero attached hydrogens (tertiary/aromatic N) is 7. The molecule has 3 aliphatic rings. The first-order valence-corrected chi connectivity index (χ1v) is 14.6. The number of carbonyl (C=O) groups is 1. The van der Waals surface area contributed by atoms with Crippen LogP contribution in [0.15, 0.2) is 42.0 Å². The van der Waals surface area contributed by atoms with Gasteiger partial charge in [-0.25, -0.2) is 4.98 Å². The molecule has 1 amide bonds. The van der Waals surface area contributed by atoms with Gasteiger partial charge in [0, 0.05) is 79.4 Å². The molecule has 3 atom stereocenters. The third kappa shape index (κ3) is 4.93. The summed E-state index contributed by atoms with van der Waals surface area (Å²) in [7, 11) is 1.92. The van der Waals surface area contributed by atoms with Gasteiger partial charge in [-0.15, -0.1) is 16.4 Å². The van der Waals surface area contributed by atoms with Gasteiger partial charge >= 0.3 is 0 Å². The minimum Gasteiger partial charge on any atom is -0.473 e. The van der Waals surface area contributed by atoms with Crippen LogP contribution in [0.25, 0.3) is 11.3 Å². The van der Waals surface area contributed by atoms with E-state index in [1.165, 1.54) is 12.8 Å². The Hall–Kier alpha value is -3.66. The molecule has 1 unspecified atom stereocenters. The number of fused-ring (bicyclic) bond motifs is 2. The Labute approximate surface area is 231 Å². The second kappa shape index (κ2) is 9.82. The minimum atomic E-state index is 0.0618. The standard InChI is InChI=1S/C29H31N7O2S/c1-17-24(15-35(2)34-17)26-16-39-28(31-26)11-20-6-5-19(14-30-20)29(37)36-21-7-8-22(36)13-23(12-21)38-27-10-9-25(32-33-27)18-3-4-18/h5-6,9-10,14-16,18,21-23H,3-4,7-8,11-13H2,1-2H3/t21-,22+,23?. The van der Waals surface area contributed by atoms with E-state index in [4.69, 9.17) is 9.72 Å². The van der Waals surface area contributed by atoms with Crippen molar-refractivity contribution in [2.45, 2.75) is 76.0 Å². The molecule has 200 valence electrons. The molecular formula is C29H31N7O2S. The van der Waals surface area contributed by atoms with Crippen molar-refractivity contribution in [3.8, 4) is 17.1 Å². The number of carbonyl (C=O) groups excluding carboxylic acids is 1. The lowest BCUT2D eigenvalue weighted by Gasteiger charge is -2.38. The maximum atomic E-state index is 13.5. The van der Waals surface area contributed by atoms with Crippen molar-refractivity contribution >= 4 is 17.2 Å². The molecule has 7 rings (SSSR count). The molecular weight excluding hydrogens is 510 g/mol. The first-order chi connectivity index (χ1) is 19.0. The smallest absolute Gasteiger partial charge is 0.255 e.